The largest absolute Gasteiger partial charge is 0.496 e. The van der Waals surface area contributed by atoms with Crippen LogP contribution in [0.5, 0.6) is 5.75 Å². The first-order valence-corrected chi connectivity index (χ1v) is 6.11. The van der Waals surface area contributed by atoms with Crippen molar-refractivity contribution in [1.29, 1.82) is 0 Å². The number of methoxy groups -OCH3 is 1. The average Bonchev–Trinajstić information content (AvgIpc) is 2.68. The van der Waals surface area contributed by atoms with Crippen molar-refractivity contribution in [2.45, 2.75) is 19.8 Å². The van der Waals surface area contributed by atoms with E-state index in [1.807, 2.05) is 13.8 Å². The number of nitrogens with two attached hydrogens (primary N) is 1. The lowest BCUT2D eigenvalue weighted by Crippen LogP contribution is -2.02. The summed E-state index contributed by atoms with van der Waals surface area (Å²) in [6, 6.07) is 2.87. The van der Waals surface area contributed by atoms with Crippen LogP contribution in [0.25, 0.3) is 11.1 Å². The minimum absolute atomic E-state index is 0.185. The molecule has 0 unspecified atom stereocenters. The number of hydrogen-bond acceptors (Lipinski definition) is 3. The lowest BCUT2D eigenvalue weighted by molar-refractivity contribution is 0.404. The molecule has 2 rings (SSSR count). The lowest BCUT2D eigenvalue weighted by atomic mass is 9.92. The van der Waals surface area contributed by atoms with Gasteiger partial charge in [-0.2, -0.15) is 5.10 Å². The van der Waals surface area contributed by atoms with E-state index < -0.39 is 0 Å². The normalized spacial score (nSPS) is 11.1. The Kier molecular flexibility index (Phi) is 3.46. The molecule has 0 atom stereocenters. The van der Waals surface area contributed by atoms with E-state index in [9.17, 15) is 4.39 Å². The topological polar surface area (TPSA) is 53.1 Å². The van der Waals surface area contributed by atoms with Crippen LogP contribution in [0.1, 0.15) is 25.3 Å². The first kappa shape index (κ1) is 13.4. The van der Waals surface area contributed by atoms with Crippen LogP contribution in [0.3, 0.4) is 0 Å². The molecule has 0 amide bonds. The van der Waals surface area contributed by atoms with Gasteiger partial charge < -0.3 is 10.5 Å². The molecular formula is C14H18FN3O. The van der Waals surface area contributed by atoms with Crippen molar-refractivity contribution < 1.29 is 9.13 Å². The van der Waals surface area contributed by atoms with Crippen molar-refractivity contribution in [3.63, 3.8) is 0 Å². The monoisotopic (exact) mass is 263 g/mol. The van der Waals surface area contributed by atoms with Crippen LogP contribution < -0.4 is 10.5 Å². The molecule has 4 nitrogen and oxygen atoms in total. The number of aryl methyl sites for hydroxylation is 1. The minimum atomic E-state index is -0.348. The summed E-state index contributed by atoms with van der Waals surface area (Å²) < 4.78 is 20.6. The highest BCUT2D eigenvalue weighted by molar-refractivity contribution is 5.78. The molecule has 1 aromatic carbocycles. The summed E-state index contributed by atoms with van der Waals surface area (Å²) in [4.78, 5) is 0. The summed E-state index contributed by atoms with van der Waals surface area (Å²) in [5.74, 6) is 0.882. The highest BCUT2D eigenvalue weighted by Crippen LogP contribution is 2.38. The van der Waals surface area contributed by atoms with E-state index in [2.05, 4.69) is 5.10 Å². The lowest BCUT2D eigenvalue weighted by Gasteiger charge is -2.17. The Hall–Kier alpha value is -2.04. The summed E-state index contributed by atoms with van der Waals surface area (Å²) in [5.41, 5.74) is 8.38. The van der Waals surface area contributed by atoms with E-state index in [1.165, 1.54) is 19.2 Å². The number of benzene rings is 1. The van der Waals surface area contributed by atoms with Gasteiger partial charge >= 0.3 is 0 Å². The van der Waals surface area contributed by atoms with Crippen LogP contribution in [0, 0.1) is 5.82 Å². The Morgan fingerprint density at radius 2 is 2.00 bits per heavy atom. The molecule has 0 fully saturated rings. The number of halogens is 1. The Morgan fingerprint density at radius 3 is 2.47 bits per heavy atom. The smallest absolute Gasteiger partial charge is 0.129 e. The number of ether oxygens (including phenoxy) is 1. The van der Waals surface area contributed by atoms with Crippen LogP contribution in [0.2, 0.25) is 0 Å². The molecule has 0 aliphatic heterocycles. The number of nitrogens with zero attached hydrogens (tertiary/aromatic N) is 2. The molecule has 2 aromatic rings. The first-order valence-electron chi connectivity index (χ1n) is 6.11. The van der Waals surface area contributed by atoms with Crippen LogP contribution in [-0.4, -0.2) is 16.9 Å². The SMILES string of the molecule is COc1cc(F)cc(-c2cnn(C)c2N)c1C(C)C. The zero-order valence-electron chi connectivity index (χ0n) is 11.6. The van der Waals surface area contributed by atoms with Gasteiger partial charge in [-0.15, -0.1) is 0 Å². The van der Waals surface area contributed by atoms with E-state index >= 15 is 0 Å². The van der Waals surface area contributed by atoms with Crippen molar-refractivity contribution >= 4 is 5.82 Å². The molecule has 0 bridgehead atoms. The average molecular weight is 263 g/mol. The maximum Gasteiger partial charge on any atom is 0.129 e. The van der Waals surface area contributed by atoms with Gasteiger partial charge in [-0.25, -0.2) is 4.39 Å². The van der Waals surface area contributed by atoms with E-state index in [1.54, 1.807) is 17.9 Å². The standard InChI is InChI=1S/C14H18FN3O/c1-8(2)13-10(5-9(15)6-12(13)19-4)11-7-17-18(3)14(11)16/h5-8H,16H2,1-4H3. The predicted octanol–water partition coefficient (Wildman–Crippen LogP) is 2.94. The molecule has 2 N–H and O–H groups in total. The number of aromatic nitrogens is 2. The number of rotatable bonds is 3. The maximum absolute atomic E-state index is 13.7. The number of anilines is 1. The zero-order valence-corrected chi connectivity index (χ0v) is 11.6. The second-order valence-electron chi connectivity index (χ2n) is 4.79. The van der Waals surface area contributed by atoms with Gasteiger partial charge in [-0.1, -0.05) is 13.8 Å². The van der Waals surface area contributed by atoms with Gasteiger partial charge in [0.25, 0.3) is 0 Å². The summed E-state index contributed by atoms with van der Waals surface area (Å²) in [6.45, 7) is 4.07. The number of nitrogen functional groups attached to an aromatic ring is 1. The maximum atomic E-state index is 13.7. The summed E-state index contributed by atoms with van der Waals surface area (Å²) in [6.07, 6.45) is 1.65. The summed E-state index contributed by atoms with van der Waals surface area (Å²) >= 11 is 0. The van der Waals surface area contributed by atoms with Crippen LogP contribution in [0.4, 0.5) is 10.2 Å². The van der Waals surface area contributed by atoms with Gasteiger partial charge in [-0.05, 0) is 17.5 Å². The molecule has 0 spiro atoms. The quantitative estimate of drug-likeness (QED) is 0.926. The molecule has 1 heterocycles. The second kappa shape index (κ2) is 4.91. The van der Waals surface area contributed by atoms with E-state index in [0.717, 1.165) is 16.7 Å². The Balaban J connectivity index is 2.74. The van der Waals surface area contributed by atoms with Crippen molar-refractivity contribution in [3.8, 4) is 16.9 Å². The van der Waals surface area contributed by atoms with Crippen LogP contribution in [-0.2, 0) is 7.05 Å². The summed E-state index contributed by atoms with van der Waals surface area (Å²) in [7, 11) is 3.29. The van der Waals surface area contributed by atoms with Gasteiger partial charge in [0.2, 0.25) is 0 Å². The van der Waals surface area contributed by atoms with Crippen molar-refractivity contribution in [1.82, 2.24) is 9.78 Å². The highest BCUT2D eigenvalue weighted by atomic mass is 19.1. The molecule has 0 saturated carbocycles. The molecule has 0 saturated heterocycles. The Labute approximate surface area is 112 Å². The van der Waals surface area contributed by atoms with E-state index in [0.29, 0.717) is 11.6 Å². The fraction of sp³-hybridized carbons (Fsp3) is 0.357. The molecule has 0 aliphatic rings. The van der Waals surface area contributed by atoms with Crippen molar-refractivity contribution in [2.75, 3.05) is 12.8 Å². The van der Waals surface area contributed by atoms with Gasteiger partial charge in [0, 0.05) is 24.2 Å². The first-order chi connectivity index (χ1) is 8.95. The fourth-order valence-electron chi connectivity index (χ4n) is 2.23. The van der Waals surface area contributed by atoms with Crippen LogP contribution in [0.15, 0.2) is 18.3 Å². The molecule has 5 heteroatoms. The third-order valence-electron chi connectivity index (χ3n) is 3.18. The third-order valence-corrected chi connectivity index (χ3v) is 3.18. The minimum Gasteiger partial charge on any atom is -0.496 e. The Bertz CT molecular complexity index is 605. The van der Waals surface area contributed by atoms with Gasteiger partial charge in [0.1, 0.15) is 17.4 Å². The zero-order chi connectivity index (χ0) is 14.2. The molecule has 0 aliphatic carbocycles. The third kappa shape index (κ3) is 2.28. The Morgan fingerprint density at radius 1 is 1.32 bits per heavy atom. The molecular weight excluding hydrogens is 245 g/mol. The van der Waals surface area contributed by atoms with Crippen molar-refractivity contribution in [2.24, 2.45) is 7.05 Å². The molecule has 1 aromatic heterocycles. The number of hydrogen-bond donors (Lipinski definition) is 1. The molecule has 0 radical (unpaired) electrons. The van der Waals surface area contributed by atoms with E-state index in [4.69, 9.17) is 10.5 Å². The van der Waals surface area contributed by atoms with Gasteiger partial charge in [0.05, 0.1) is 13.3 Å². The van der Waals surface area contributed by atoms with Crippen LogP contribution >= 0.6 is 0 Å². The molecule has 19 heavy (non-hydrogen) atoms. The fourth-order valence-corrected chi connectivity index (χ4v) is 2.23. The second-order valence-corrected chi connectivity index (χ2v) is 4.79. The van der Waals surface area contributed by atoms with Crippen molar-refractivity contribution in [3.05, 3.63) is 29.7 Å². The summed E-state index contributed by atoms with van der Waals surface area (Å²) in [5, 5.41) is 4.11. The van der Waals surface area contributed by atoms with E-state index in [-0.39, 0.29) is 11.7 Å². The van der Waals surface area contributed by atoms with Gasteiger partial charge in [0.15, 0.2) is 0 Å². The molecule has 102 valence electrons. The van der Waals surface area contributed by atoms with Gasteiger partial charge in [-0.3, -0.25) is 4.68 Å². The highest BCUT2D eigenvalue weighted by Gasteiger charge is 2.19. The predicted molar refractivity (Wildman–Crippen MR) is 73.7 cm³/mol.